The van der Waals surface area contributed by atoms with Crippen LogP contribution in [-0.4, -0.2) is 35.3 Å². The van der Waals surface area contributed by atoms with Crippen molar-refractivity contribution in [2.45, 2.75) is 25.3 Å². The summed E-state index contributed by atoms with van der Waals surface area (Å²) < 4.78 is 10.8. The number of likely N-dealkylation sites (tertiary alicyclic amines) is 1. The topological polar surface area (TPSA) is 54.3 Å². The van der Waals surface area contributed by atoms with Crippen molar-refractivity contribution in [3.8, 4) is 16.9 Å². The van der Waals surface area contributed by atoms with Crippen LogP contribution in [0, 0.1) is 0 Å². The van der Waals surface area contributed by atoms with E-state index in [1.54, 1.807) is 13.4 Å². The second-order valence-corrected chi connectivity index (χ2v) is 6.56. The number of ether oxygens (including phenoxy) is 1. The highest BCUT2D eigenvalue weighted by molar-refractivity contribution is 5.67. The van der Waals surface area contributed by atoms with Crippen LogP contribution in [0.5, 0.6) is 5.75 Å². The summed E-state index contributed by atoms with van der Waals surface area (Å²) in [4.78, 5) is 2.46. The van der Waals surface area contributed by atoms with Gasteiger partial charge in [-0.25, -0.2) is 0 Å². The van der Waals surface area contributed by atoms with Gasteiger partial charge in [0.05, 0.1) is 26.1 Å². The lowest BCUT2D eigenvalue weighted by Gasteiger charge is -2.31. The van der Waals surface area contributed by atoms with Crippen molar-refractivity contribution in [1.82, 2.24) is 15.1 Å². The Hall–Kier alpha value is -2.53. The Morgan fingerprint density at radius 2 is 2.12 bits per heavy atom. The van der Waals surface area contributed by atoms with Crippen LogP contribution in [0.3, 0.4) is 0 Å². The summed E-state index contributed by atoms with van der Waals surface area (Å²) in [7, 11) is 1.70. The number of methoxy groups -OCH3 is 1. The smallest absolute Gasteiger partial charge is 0.119 e. The van der Waals surface area contributed by atoms with E-state index in [9.17, 15) is 0 Å². The molecule has 3 heterocycles. The van der Waals surface area contributed by atoms with Crippen molar-refractivity contribution in [3.63, 3.8) is 0 Å². The number of piperidine rings is 1. The van der Waals surface area contributed by atoms with Crippen LogP contribution in [0.1, 0.15) is 30.2 Å². The highest BCUT2D eigenvalue weighted by Gasteiger charge is 2.24. The number of H-pyrrole nitrogens is 1. The third-order valence-corrected chi connectivity index (χ3v) is 5.00. The summed E-state index contributed by atoms with van der Waals surface area (Å²) in [5.74, 6) is 2.42. The van der Waals surface area contributed by atoms with Crippen molar-refractivity contribution in [1.29, 1.82) is 0 Å². The van der Waals surface area contributed by atoms with Crippen molar-refractivity contribution in [3.05, 3.63) is 60.3 Å². The zero-order valence-corrected chi connectivity index (χ0v) is 14.4. The number of benzene rings is 1. The van der Waals surface area contributed by atoms with Crippen LogP contribution in [-0.2, 0) is 6.54 Å². The molecule has 0 spiro atoms. The highest BCUT2D eigenvalue weighted by atomic mass is 16.5. The number of hydrogen-bond acceptors (Lipinski definition) is 4. The Morgan fingerprint density at radius 3 is 2.88 bits per heavy atom. The molecule has 4 rings (SSSR count). The lowest BCUT2D eigenvalue weighted by Crippen LogP contribution is -2.32. The fraction of sp³-hybridized carbons (Fsp3) is 0.350. The van der Waals surface area contributed by atoms with Crippen LogP contribution >= 0.6 is 0 Å². The van der Waals surface area contributed by atoms with Gasteiger partial charge in [-0.05, 0) is 55.8 Å². The van der Waals surface area contributed by atoms with Gasteiger partial charge in [0.25, 0.3) is 0 Å². The molecule has 0 saturated carbocycles. The summed E-state index contributed by atoms with van der Waals surface area (Å²) in [5, 5.41) is 7.56. The van der Waals surface area contributed by atoms with Gasteiger partial charge in [-0.3, -0.25) is 10.00 Å². The summed E-state index contributed by atoms with van der Waals surface area (Å²) >= 11 is 0. The maximum Gasteiger partial charge on any atom is 0.119 e. The molecule has 0 amide bonds. The molecule has 25 heavy (non-hydrogen) atoms. The van der Waals surface area contributed by atoms with E-state index in [0.29, 0.717) is 5.92 Å². The van der Waals surface area contributed by atoms with E-state index < -0.39 is 0 Å². The molecule has 0 atom stereocenters. The van der Waals surface area contributed by atoms with Gasteiger partial charge < -0.3 is 9.15 Å². The molecule has 1 aliphatic rings. The Morgan fingerprint density at radius 1 is 1.24 bits per heavy atom. The molecule has 3 aromatic rings. The van der Waals surface area contributed by atoms with Gasteiger partial charge in [-0.1, -0.05) is 12.1 Å². The molecule has 1 saturated heterocycles. The average Bonchev–Trinajstić information content (AvgIpc) is 3.34. The van der Waals surface area contributed by atoms with Crippen molar-refractivity contribution >= 4 is 0 Å². The number of furan rings is 1. The quantitative estimate of drug-likeness (QED) is 0.763. The largest absolute Gasteiger partial charge is 0.497 e. The van der Waals surface area contributed by atoms with Gasteiger partial charge in [-0.15, -0.1) is 0 Å². The van der Waals surface area contributed by atoms with Gasteiger partial charge in [-0.2, -0.15) is 5.10 Å². The van der Waals surface area contributed by atoms with Gasteiger partial charge in [0.1, 0.15) is 11.5 Å². The van der Waals surface area contributed by atoms with Gasteiger partial charge in [0.2, 0.25) is 0 Å². The predicted octanol–water partition coefficient (Wildman–Crippen LogP) is 4.06. The highest BCUT2D eigenvalue weighted by Crippen LogP contribution is 2.35. The van der Waals surface area contributed by atoms with E-state index >= 15 is 0 Å². The predicted molar refractivity (Wildman–Crippen MR) is 96.5 cm³/mol. The third kappa shape index (κ3) is 3.46. The number of aromatic amines is 1. The zero-order chi connectivity index (χ0) is 17.1. The zero-order valence-electron chi connectivity index (χ0n) is 14.4. The molecule has 0 bridgehead atoms. The second-order valence-electron chi connectivity index (χ2n) is 6.56. The molecular weight excluding hydrogens is 314 g/mol. The maximum absolute atomic E-state index is 5.46. The molecule has 1 aliphatic heterocycles. The number of aromatic nitrogens is 2. The van der Waals surface area contributed by atoms with Crippen molar-refractivity contribution in [2.75, 3.05) is 20.2 Å². The molecule has 1 aromatic carbocycles. The molecule has 5 nitrogen and oxygen atoms in total. The first-order valence-corrected chi connectivity index (χ1v) is 8.76. The molecule has 130 valence electrons. The Bertz CT molecular complexity index is 802. The Labute approximate surface area is 147 Å². The molecule has 1 N–H and O–H groups in total. The Kier molecular flexibility index (Phi) is 4.57. The van der Waals surface area contributed by atoms with E-state index in [4.69, 9.17) is 9.15 Å². The number of hydrogen-bond donors (Lipinski definition) is 1. The van der Waals surface area contributed by atoms with Crippen LogP contribution in [0.25, 0.3) is 11.1 Å². The standard InChI is InChI=1S/C20H23N3O2/c1-24-17-5-2-4-16(12-17)19-13-21-22-20(19)15-7-9-23(10-8-15)14-18-6-3-11-25-18/h2-6,11-13,15H,7-10,14H2,1H3,(H,21,22). The van der Waals surface area contributed by atoms with Gasteiger partial charge >= 0.3 is 0 Å². The summed E-state index contributed by atoms with van der Waals surface area (Å²) in [5.41, 5.74) is 3.58. The minimum Gasteiger partial charge on any atom is -0.497 e. The fourth-order valence-corrected chi connectivity index (χ4v) is 3.63. The van der Waals surface area contributed by atoms with E-state index in [1.807, 2.05) is 30.5 Å². The van der Waals surface area contributed by atoms with Crippen LogP contribution in [0.2, 0.25) is 0 Å². The summed E-state index contributed by atoms with van der Waals surface area (Å²) in [6.07, 6.45) is 5.92. The summed E-state index contributed by atoms with van der Waals surface area (Å²) in [6.45, 7) is 3.04. The maximum atomic E-state index is 5.46. The molecule has 0 aliphatic carbocycles. The van der Waals surface area contributed by atoms with Crippen LogP contribution in [0.15, 0.2) is 53.3 Å². The number of nitrogens with one attached hydrogen (secondary N) is 1. The lowest BCUT2D eigenvalue weighted by atomic mass is 9.89. The van der Waals surface area contributed by atoms with Crippen LogP contribution < -0.4 is 4.74 Å². The normalized spacial score (nSPS) is 16.2. The van der Waals surface area contributed by atoms with Crippen molar-refractivity contribution in [2.24, 2.45) is 0 Å². The first kappa shape index (κ1) is 16.0. The minimum atomic E-state index is 0.511. The fourth-order valence-electron chi connectivity index (χ4n) is 3.63. The first-order chi connectivity index (χ1) is 12.3. The van der Waals surface area contributed by atoms with E-state index in [-0.39, 0.29) is 0 Å². The van der Waals surface area contributed by atoms with E-state index in [2.05, 4.69) is 27.2 Å². The van der Waals surface area contributed by atoms with Crippen LogP contribution in [0.4, 0.5) is 0 Å². The lowest BCUT2D eigenvalue weighted by molar-refractivity contribution is 0.190. The van der Waals surface area contributed by atoms with Gasteiger partial charge in [0.15, 0.2) is 0 Å². The minimum absolute atomic E-state index is 0.511. The molecule has 0 unspecified atom stereocenters. The second kappa shape index (κ2) is 7.15. The molecule has 2 aromatic heterocycles. The average molecular weight is 337 g/mol. The molecule has 0 radical (unpaired) electrons. The molecule has 5 heteroatoms. The SMILES string of the molecule is COc1cccc(-c2cn[nH]c2C2CCN(Cc3ccco3)CC2)c1. The first-order valence-electron chi connectivity index (χ1n) is 8.76. The third-order valence-electron chi connectivity index (χ3n) is 5.00. The number of rotatable bonds is 5. The van der Waals surface area contributed by atoms with Crippen molar-refractivity contribution < 1.29 is 9.15 Å². The Balaban J connectivity index is 1.46. The van der Waals surface area contributed by atoms with E-state index in [0.717, 1.165) is 49.5 Å². The summed E-state index contributed by atoms with van der Waals surface area (Å²) in [6, 6.07) is 12.2. The molecule has 1 fully saturated rings. The number of nitrogens with zero attached hydrogens (tertiary/aromatic N) is 2. The monoisotopic (exact) mass is 337 g/mol. The van der Waals surface area contributed by atoms with E-state index in [1.165, 1.54) is 11.3 Å². The molecular formula is C20H23N3O2. The van der Waals surface area contributed by atoms with Gasteiger partial charge in [0, 0.05) is 17.2 Å².